The minimum atomic E-state index is -0.0784. The fourth-order valence-electron chi connectivity index (χ4n) is 1.35. The van der Waals surface area contributed by atoms with E-state index >= 15 is 0 Å². The van der Waals surface area contributed by atoms with Gasteiger partial charge in [0.15, 0.2) is 0 Å². The summed E-state index contributed by atoms with van der Waals surface area (Å²) in [6.45, 7) is 2.88. The van der Waals surface area contributed by atoms with Crippen molar-refractivity contribution in [2.45, 2.75) is 19.5 Å². The highest BCUT2D eigenvalue weighted by molar-refractivity contribution is 7.05. The van der Waals surface area contributed by atoms with Gasteiger partial charge in [0, 0.05) is 18.3 Å². The van der Waals surface area contributed by atoms with E-state index in [1.165, 1.54) is 11.5 Å². The fraction of sp³-hybridized carbons (Fsp3) is 0.375. The smallest absolute Gasteiger partial charge is 0.0865 e. The molecule has 0 aliphatic heterocycles. The Morgan fingerprint density at radius 1 is 1.60 bits per heavy atom. The van der Waals surface area contributed by atoms with Gasteiger partial charge in [-0.3, -0.25) is 10.5 Å². The minimum absolute atomic E-state index is 0.0784. The quantitative estimate of drug-likeness (QED) is 0.577. The molecule has 0 aliphatic carbocycles. The summed E-state index contributed by atoms with van der Waals surface area (Å²) in [5.41, 5.74) is 3.75. The molecule has 7 heteroatoms. The Morgan fingerprint density at radius 2 is 2.47 bits per heavy atom. The van der Waals surface area contributed by atoms with E-state index in [4.69, 9.17) is 5.84 Å². The molecular formula is C8H12N6S. The molecule has 0 amide bonds. The maximum Gasteiger partial charge on any atom is 0.0865 e. The van der Waals surface area contributed by atoms with Crippen molar-refractivity contribution in [3.05, 3.63) is 29.0 Å². The molecule has 0 aliphatic rings. The first-order chi connectivity index (χ1) is 7.35. The van der Waals surface area contributed by atoms with Crippen LogP contribution >= 0.6 is 11.5 Å². The van der Waals surface area contributed by atoms with Gasteiger partial charge in [-0.25, -0.2) is 5.43 Å². The van der Waals surface area contributed by atoms with Crippen molar-refractivity contribution in [1.29, 1.82) is 0 Å². The Kier molecular flexibility index (Phi) is 3.05. The second-order valence-electron chi connectivity index (χ2n) is 3.05. The third-order valence-electron chi connectivity index (χ3n) is 2.14. The minimum Gasteiger partial charge on any atom is -0.273 e. The number of aryl methyl sites for hydroxylation is 1. The summed E-state index contributed by atoms with van der Waals surface area (Å²) in [5, 5.41) is 7.99. The number of hydrogen-bond donors (Lipinski definition) is 2. The third kappa shape index (κ3) is 2.04. The Hall–Kier alpha value is -1.31. The highest BCUT2D eigenvalue weighted by Gasteiger charge is 2.16. The zero-order valence-corrected chi connectivity index (χ0v) is 9.11. The first-order valence-electron chi connectivity index (χ1n) is 4.61. The molecule has 2 rings (SSSR count). The second kappa shape index (κ2) is 4.47. The summed E-state index contributed by atoms with van der Waals surface area (Å²) < 4.78 is 5.67. The molecule has 15 heavy (non-hydrogen) atoms. The lowest BCUT2D eigenvalue weighted by atomic mass is 10.1. The van der Waals surface area contributed by atoms with Gasteiger partial charge < -0.3 is 0 Å². The average molecular weight is 224 g/mol. The van der Waals surface area contributed by atoms with Gasteiger partial charge in [-0.05, 0) is 18.5 Å². The summed E-state index contributed by atoms with van der Waals surface area (Å²) in [6.07, 6.45) is 5.47. The second-order valence-corrected chi connectivity index (χ2v) is 3.87. The lowest BCUT2D eigenvalue weighted by Crippen LogP contribution is -2.27. The van der Waals surface area contributed by atoms with Crippen molar-refractivity contribution in [2.75, 3.05) is 0 Å². The molecule has 3 N–H and O–H groups in total. The number of nitrogens with zero attached hydrogens (tertiary/aromatic N) is 4. The molecule has 0 spiro atoms. The van der Waals surface area contributed by atoms with Crippen LogP contribution in [0.5, 0.6) is 0 Å². The van der Waals surface area contributed by atoms with Crippen LogP contribution in [0.1, 0.15) is 23.4 Å². The predicted octanol–water partition coefficient (Wildman–Crippen LogP) is 0.307. The molecular weight excluding hydrogens is 212 g/mol. The number of aromatic nitrogens is 4. The van der Waals surface area contributed by atoms with Gasteiger partial charge in [0.2, 0.25) is 0 Å². The van der Waals surface area contributed by atoms with Gasteiger partial charge >= 0.3 is 0 Å². The zero-order valence-electron chi connectivity index (χ0n) is 8.29. The van der Waals surface area contributed by atoms with Gasteiger partial charge in [-0.2, -0.15) is 5.10 Å². The van der Waals surface area contributed by atoms with Gasteiger partial charge in [0.1, 0.15) is 0 Å². The van der Waals surface area contributed by atoms with E-state index < -0.39 is 0 Å². The molecule has 2 aromatic heterocycles. The number of hydrogen-bond acceptors (Lipinski definition) is 6. The Labute approximate surface area is 91.2 Å². The lowest BCUT2D eigenvalue weighted by molar-refractivity contribution is 0.636. The summed E-state index contributed by atoms with van der Waals surface area (Å²) >= 11 is 1.33. The van der Waals surface area contributed by atoms with Crippen LogP contribution in [0.4, 0.5) is 0 Å². The van der Waals surface area contributed by atoms with Gasteiger partial charge in [0.05, 0.1) is 23.3 Å². The van der Waals surface area contributed by atoms with Crippen molar-refractivity contribution in [3.8, 4) is 0 Å². The van der Waals surface area contributed by atoms with E-state index in [9.17, 15) is 0 Å². The predicted molar refractivity (Wildman–Crippen MR) is 57.0 cm³/mol. The van der Waals surface area contributed by atoms with E-state index in [0.717, 1.165) is 17.0 Å². The largest absolute Gasteiger partial charge is 0.273 e. The SMILES string of the molecule is CCn1cc(C(NN)c2cnns2)cn1. The fourth-order valence-corrected chi connectivity index (χ4v) is 1.94. The molecule has 0 fully saturated rings. The molecule has 1 atom stereocenters. The van der Waals surface area contributed by atoms with Crippen LogP contribution in [0.25, 0.3) is 0 Å². The van der Waals surface area contributed by atoms with Crippen molar-refractivity contribution >= 4 is 11.5 Å². The highest BCUT2D eigenvalue weighted by Crippen LogP contribution is 2.22. The molecule has 0 bridgehead atoms. The lowest BCUT2D eigenvalue weighted by Gasteiger charge is -2.09. The number of rotatable bonds is 4. The number of hydrazine groups is 1. The summed E-state index contributed by atoms with van der Waals surface area (Å²) in [5.74, 6) is 5.51. The van der Waals surface area contributed by atoms with Crippen LogP contribution in [0, 0.1) is 0 Å². The normalized spacial score (nSPS) is 12.9. The van der Waals surface area contributed by atoms with E-state index in [1.54, 1.807) is 12.4 Å². The maximum atomic E-state index is 5.51. The molecule has 80 valence electrons. The first-order valence-corrected chi connectivity index (χ1v) is 5.38. The zero-order chi connectivity index (χ0) is 10.7. The van der Waals surface area contributed by atoms with Crippen molar-refractivity contribution in [3.63, 3.8) is 0 Å². The highest BCUT2D eigenvalue weighted by atomic mass is 32.1. The van der Waals surface area contributed by atoms with Crippen molar-refractivity contribution in [2.24, 2.45) is 5.84 Å². The topological polar surface area (TPSA) is 81.7 Å². The van der Waals surface area contributed by atoms with Gasteiger partial charge in [0.25, 0.3) is 0 Å². The van der Waals surface area contributed by atoms with E-state index in [2.05, 4.69) is 20.1 Å². The van der Waals surface area contributed by atoms with Gasteiger partial charge in [-0.15, -0.1) is 5.10 Å². The van der Waals surface area contributed by atoms with Crippen LogP contribution < -0.4 is 11.3 Å². The molecule has 0 saturated heterocycles. The number of nitrogens with two attached hydrogens (primary N) is 1. The van der Waals surface area contributed by atoms with Crippen LogP contribution in [-0.4, -0.2) is 19.4 Å². The van der Waals surface area contributed by atoms with E-state index in [0.29, 0.717) is 0 Å². The molecule has 0 aromatic carbocycles. The first kappa shape index (κ1) is 10.2. The Bertz CT molecular complexity index is 408. The molecule has 6 nitrogen and oxygen atoms in total. The summed E-state index contributed by atoms with van der Waals surface area (Å²) in [4.78, 5) is 0.980. The average Bonchev–Trinajstić information content (AvgIpc) is 2.89. The van der Waals surface area contributed by atoms with E-state index in [1.807, 2.05) is 17.8 Å². The maximum absolute atomic E-state index is 5.51. The molecule has 2 heterocycles. The summed E-state index contributed by atoms with van der Waals surface area (Å²) in [6, 6.07) is -0.0784. The van der Waals surface area contributed by atoms with Crippen molar-refractivity contribution in [1.82, 2.24) is 24.8 Å². The molecule has 0 radical (unpaired) electrons. The Balaban J connectivity index is 2.27. The molecule has 2 aromatic rings. The number of nitrogens with one attached hydrogen (secondary N) is 1. The van der Waals surface area contributed by atoms with Crippen LogP contribution in [-0.2, 0) is 6.54 Å². The third-order valence-corrected chi connectivity index (χ3v) is 2.87. The monoisotopic (exact) mass is 224 g/mol. The van der Waals surface area contributed by atoms with Crippen LogP contribution in [0.3, 0.4) is 0 Å². The Morgan fingerprint density at radius 3 is 3.00 bits per heavy atom. The van der Waals surface area contributed by atoms with Crippen molar-refractivity contribution < 1.29 is 0 Å². The van der Waals surface area contributed by atoms with Crippen LogP contribution in [0.2, 0.25) is 0 Å². The molecule has 1 unspecified atom stereocenters. The van der Waals surface area contributed by atoms with Crippen LogP contribution in [0.15, 0.2) is 18.6 Å². The van der Waals surface area contributed by atoms with E-state index in [-0.39, 0.29) is 6.04 Å². The summed E-state index contributed by atoms with van der Waals surface area (Å²) in [7, 11) is 0. The standard InChI is InChI=1S/C8H12N6S/c1-2-14-5-6(3-11-14)8(12-9)7-4-10-13-15-7/h3-5,8,12H,2,9H2,1H3. The van der Waals surface area contributed by atoms with Gasteiger partial charge in [-0.1, -0.05) is 4.49 Å². The molecule has 0 saturated carbocycles.